The van der Waals surface area contributed by atoms with E-state index in [9.17, 15) is 21.6 Å². The van der Waals surface area contributed by atoms with Gasteiger partial charge in [-0.05, 0) is 42.5 Å². The van der Waals surface area contributed by atoms with E-state index in [0.717, 1.165) is 35.0 Å². The monoisotopic (exact) mass is 534 g/mol. The van der Waals surface area contributed by atoms with Crippen LogP contribution in [0.1, 0.15) is 35.6 Å². The average Bonchev–Trinajstić information content (AvgIpc) is 3.18. The van der Waals surface area contributed by atoms with Crippen LogP contribution in [0.5, 0.6) is 0 Å². The lowest BCUT2D eigenvalue weighted by atomic mass is 10.0. The maximum absolute atomic E-state index is 12.7. The van der Waals surface area contributed by atoms with Crippen LogP contribution in [0.15, 0.2) is 51.2 Å². The van der Waals surface area contributed by atoms with Gasteiger partial charge in [0.2, 0.25) is 15.8 Å². The van der Waals surface area contributed by atoms with Crippen LogP contribution in [-0.4, -0.2) is 47.7 Å². The number of aryl methyl sites for hydroxylation is 1. The van der Waals surface area contributed by atoms with Gasteiger partial charge in [0.25, 0.3) is 0 Å². The van der Waals surface area contributed by atoms with Gasteiger partial charge in [0.05, 0.1) is 4.88 Å². The van der Waals surface area contributed by atoms with Gasteiger partial charge >= 0.3 is 12.3 Å². The molecule has 1 aliphatic carbocycles. The zero-order valence-corrected chi connectivity index (χ0v) is 19.5. The SMILES string of the molecule is O=C(O)O.O=S(=O)(N[C@H]1C[C@@H]1c1ccc(CCCO)cc1)c1ccc(-c2cc(C(F)(F)F)on2)s1. The smallest absolute Gasteiger partial charge is 0.450 e. The number of thiophene rings is 1. The van der Waals surface area contributed by atoms with Crippen LogP contribution in [0.4, 0.5) is 18.0 Å². The van der Waals surface area contributed by atoms with Crippen molar-refractivity contribution in [3.63, 3.8) is 0 Å². The molecular formula is C21H21F3N2O7S2. The van der Waals surface area contributed by atoms with Gasteiger partial charge in [0, 0.05) is 24.6 Å². The second-order valence-corrected chi connectivity index (χ2v) is 10.6. The fraction of sp³-hybridized carbons (Fsp3) is 0.333. The summed E-state index contributed by atoms with van der Waals surface area (Å²) in [5, 5.41) is 26.2. The lowest BCUT2D eigenvalue weighted by Gasteiger charge is -2.06. The van der Waals surface area contributed by atoms with Gasteiger partial charge in [-0.15, -0.1) is 11.3 Å². The van der Waals surface area contributed by atoms with E-state index in [4.69, 9.17) is 20.1 Å². The van der Waals surface area contributed by atoms with Gasteiger partial charge in [0.15, 0.2) is 0 Å². The number of carbonyl (C=O) groups is 1. The molecule has 2 atom stereocenters. The number of halogens is 3. The first-order valence-corrected chi connectivity index (χ1v) is 12.5. The number of rotatable bonds is 8. The van der Waals surface area contributed by atoms with Gasteiger partial charge in [-0.1, -0.05) is 29.4 Å². The summed E-state index contributed by atoms with van der Waals surface area (Å²) >= 11 is 0.832. The van der Waals surface area contributed by atoms with Crippen molar-refractivity contribution < 1.29 is 46.2 Å². The number of sulfonamides is 1. The molecule has 3 aromatic rings. The summed E-state index contributed by atoms with van der Waals surface area (Å²) in [6.45, 7) is 0.138. The number of aromatic nitrogens is 1. The Morgan fingerprint density at radius 2 is 1.83 bits per heavy atom. The molecule has 2 aromatic heterocycles. The zero-order chi connectivity index (χ0) is 25.8. The standard InChI is InChI=1S/C20H19F3N2O4S2.CH2O3/c21-20(22,23)18-11-16(24-29-18)17-7-8-19(30-17)31(27,28)25-15-10-14(15)13-5-3-12(4-6-13)2-1-9-26;2-1(3)4/h3-8,11,14-15,25-26H,1-2,9-10H2;(H2,2,3,4)/t14-,15+;/m1./s1. The van der Waals surface area contributed by atoms with Crippen molar-refractivity contribution in [2.75, 3.05) is 6.61 Å². The van der Waals surface area contributed by atoms with Crippen molar-refractivity contribution in [1.29, 1.82) is 0 Å². The van der Waals surface area contributed by atoms with Crippen molar-refractivity contribution in [3.05, 3.63) is 59.4 Å². The molecule has 1 fully saturated rings. The van der Waals surface area contributed by atoms with E-state index in [2.05, 4.69) is 14.4 Å². The molecule has 0 spiro atoms. The summed E-state index contributed by atoms with van der Waals surface area (Å²) < 4.78 is 70.4. The lowest BCUT2D eigenvalue weighted by molar-refractivity contribution is -0.155. The van der Waals surface area contributed by atoms with Gasteiger partial charge in [0.1, 0.15) is 9.90 Å². The highest BCUT2D eigenvalue weighted by Gasteiger charge is 2.41. The average molecular weight is 535 g/mol. The molecule has 2 heterocycles. The Bertz CT molecular complexity index is 1250. The van der Waals surface area contributed by atoms with E-state index in [-0.39, 0.29) is 33.3 Å². The Kier molecular flexibility index (Phi) is 8.20. The molecule has 4 rings (SSSR count). The second kappa shape index (κ2) is 10.8. The normalized spacial score (nSPS) is 17.5. The third kappa shape index (κ3) is 7.27. The lowest BCUT2D eigenvalue weighted by Crippen LogP contribution is -2.26. The molecule has 0 saturated heterocycles. The third-order valence-corrected chi connectivity index (χ3v) is 8.11. The van der Waals surface area contributed by atoms with Crippen LogP contribution in [-0.2, 0) is 22.6 Å². The molecule has 4 N–H and O–H groups in total. The van der Waals surface area contributed by atoms with E-state index in [1.807, 2.05) is 24.3 Å². The third-order valence-electron chi connectivity index (χ3n) is 5.02. The van der Waals surface area contributed by atoms with Crippen molar-refractivity contribution in [1.82, 2.24) is 9.88 Å². The van der Waals surface area contributed by atoms with Crippen molar-refractivity contribution >= 4 is 27.5 Å². The minimum absolute atomic E-state index is 0.00376. The fourth-order valence-corrected chi connectivity index (χ4v) is 5.86. The van der Waals surface area contributed by atoms with Gasteiger partial charge in [-0.3, -0.25) is 0 Å². The quantitative estimate of drug-likeness (QED) is 0.332. The predicted molar refractivity (Wildman–Crippen MR) is 119 cm³/mol. The second-order valence-electron chi connectivity index (χ2n) is 7.61. The molecule has 0 radical (unpaired) electrons. The Hall–Kier alpha value is -2.94. The number of nitrogens with zero attached hydrogens (tertiary/aromatic N) is 1. The number of hydrogen-bond acceptors (Lipinski definition) is 7. The number of aliphatic hydroxyl groups excluding tert-OH is 1. The van der Waals surface area contributed by atoms with Gasteiger partial charge < -0.3 is 19.8 Å². The number of hydrogen-bond donors (Lipinski definition) is 4. The van der Waals surface area contributed by atoms with Crippen molar-refractivity contribution in [3.8, 4) is 10.6 Å². The summed E-state index contributed by atoms with van der Waals surface area (Å²) in [6.07, 6.45) is -4.34. The molecule has 35 heavy (non-hydrogen) atoms. The summed E-state index contributed by atoms with van der Waals surface area (Å²) in [7, 11) is -3.81. The Morgan fingerprint density at radius 3 is 2.40 bits per heavy atom. The first-order chi connectivity index (χ1) is 16.4. The topological polar surface area (TPSA) is 150 Å². The molecule has 1 aliphatic rings. The van der Waals surface area contributed by atoms with Crippen LogP contribution < -0.4 is 4.72 Å². The first-order valence-electron chi connectivity index (χ1n) is 10.2. The number of alkyl halides is 3. The molecule has 190 valence electrons. The molecule has 0 aliphatic heterocycles. The van der Waals surface area contributed by atoms with Crippen LogP contribution >= 0.6 is 11.3 Å². The van der Waals surface area contributed by atoms with Gasteiger partial charge in [-0.25, -0.2) is 17.9 Å². The highest BCUT2D eigenvalue weighted by Crippen LogP contribution is 2.42. The number of benzene rings is 1. The summed E-state index contributed by atoms with van der Waals surface area (Å²) in [4.78, 5) is 8.82. The maximum Gasteiger partial charge on any atom is 0.503 e. The molecule has 9 nitrogen and oxygen atoms in total. The minimum Gasteiger partial charge on any atom is -0.450 e. The number of aliphatic hydroxyl groups is 1. The molecular weight excluding hydrogens is 513 g/mol. The number of nitrogens with one attached hydrogen (secondary N) is 1. The Morgan fingerprint density at radius 1 is 1.17 bits per heavy atom. The highest BCUT2D eigenvalue weighted by atomic mass is 32.2. The molecule has 14 heteroatoms. The van der Waals surface area contributed by atoms with Gasteiger partial charge in [-0.2, -0.15) is 13.2 Å². The zero-order valence-electron chi connectivity index (χ0n) is 17.9. The summed E-state index contributed by atoms with van der Waals surface area (Å²) in [5.74, 6) is -1.16. The summed E-state index contributed by atoms with van der Waals surface area (Å²) in [5.41, 5.74) is 2.09. The van der Waals surface area contributed by atoms with Crippen molar-refractivity contribution in [2.24, 2.45) is 0 Å². The minimum atomic E-state index is -4.66. The number of carboxylic acid groups (broad SMARTS) is 2. The van der Waals surface area contributed by atoms with E-state index < -0.39 is 28.1 Å². The van der Waals surface area contributed by atoms with E-state index in [1.54, 1.807) is 0 Å². The highest BCUT2D eigenvalue weighted by molar-refractivity contribution is 7.91. The van der Waals surface area contributed by atoms with Crippen LogP contribution in [0.25, 0.3) is 10.6 Å². The molecule has 1 saturated carbocycles. The Labute approximate surface area is 201 Å². The molecule has 0 bridgehead atoms. The van der Waals surface area contributed by atoms with E-state index >= 15 is 0 Å². The molecule has 1 aromatic carbocycles. The van der Waals surface area contributed by atoms with Crippen LogP contribution in [0.2, 0.25) is 0 Å². The predicted octanol–water partition coefficient (Wildman–Crippen LogP) is 4.40. The van der Waals surface area contributed by atoms with Crippen molar-refractivity contribution in [2.45, 2.75) is 41.6 Å². The largest absolute Gasteiger partial charge is 0.503 e. The Balaban J connectivity index is 0.000000795. The van der Waals surface area contributed by atoms with Crippen LogP contribution in [0.3, 0.4) is 0 Å². The molecule has 0 unspecified atom stereocenters. The van der Waals surface area contributed by atoms with E-state index in [0.29, 0.717) is 12.8 Å². The molecule has 0 amide bonds. The fourth-order valence-electron chi connectivity index (χ4n) is 3.29. The first kappa shape index (κ1) is 26.7. The van der Waals surface area contributed by atoms with E-state index in [1.165, 1.54) is 12.1 Å². The summed E-state index contributed by atoms with van der Waals surface area (Å²) in [6, 6.07) is 11.2. The van der Waals surface area contributed by atoms with Crippen LogP contribution in [0, 0.1) is 0 Å². The maximum atomic E-state index is 12.7.